The molecule has 1 aromatic heterocycles. The maximum atomic E-state index is 13.3. The Balaban J connectivity index is 1.74. The highest BCUT2D eigenvalue weighted by molar-refractivity contribution is 5.88. The van der Waals surface area contributed by atoms with Gasteiger partial charge < -0.3 is 14.4 Å². The number of rotatable bonds is 5. The second-order valence-corrected chi connectivity index (χ2v) is 4.79. The molecule has 0 atom stereocenters. The van der Waals surface area contributed by atoms with E-state index in [9.17, 15) is 9.18 Å². The maximum Gasteiger partial charge on any atom is 0.335 e. The quantitative estimate of drug-likeness (QED) is 0.911. The van der Waals surface area contributed by atoms with Gasteiger partial charge in [-0.1, -0.05) is 0 Å². The van der Waals surface area contributed by atoms with Gasteiger partial charge in [-0.15, -0.1) is 0 Å². The lowest BCUT2D eigenvalue weighted by molar-refractivity contribution is 0.0695. The van der Waals surface area contributed by atoms with Crippen LogP contribution < -0.4 is 4.74 Å². The van der Waals surface area contributed by atoms with Gasteiger partial charge in [0, 0.05) is 12.1 Å². The summed E-state index contributed by atoms with van der Waals surface area (Å²) in [5.74, 6) is -1.61. The number of hydrogen-bond acceptors (Lipinski definition) is 3. The monoisotopic (exact) mass is 276 g/mol. The molecule has 1 heterocycles. The minimum Gasteiger partial charge on any atom is -0.487 e. The first kappa shape index (κ1) is 12.7. The number of benzene rings is 1. The number of carboxylic acid groups (broad SMARTS) is 1. The van der Waals surface area contributed by atoms with Gasteiger partial charge >= 0.3 is 5.97 Å². The second-order valence-electron chi connectivity index (χ2n) is 4.79. The highest BCUT2D eigenvalue weighted by Crippen LogP contribution is 2.35. The molecule has 0 bridgehead atoms. The lowest BCUT2D eigenvalue weighted by Crippen LogP contribution is -2.05. The predicted octanol–water partition coefficient (Wildman–Crippen LogP) is 2.63. The van der Waals surface area contributed by atoms with E-state index in [1.807, 2.05) is 4.57 Å². The van der Waals surface area contributed by atoms with Crippen LogP contribution in [-0.2, 0) is 6.61 Å². The van der Waals surface area contributed by atoms with Gasteiger partial charge in [-0.25, -0.2) is 14.2 Å². The van der Waals surface area contributed by atoms with Crippen molar-refractivity contribution < 1.29 is 19.0 Å². The molecule has 0 amide bonds. The molecule has 0 unspecified atom stereocenters. The van der Waals surface area contributed by atoms with Gasteiger partial charge in [0.25, 0.3) is 0 Å². The summed E-state index contributed by atoms with van der Waals surface area (Å²) in [6, 6.07) is 3.93. The number of carbonyl (C=O) groups is 1. The normalized spacial score (nSPS) is 14.2. The van der Waals surface area contributed by atoms with Crippen LogP contribution in [0.3, 0.4) is 0 Å². The molecule has 1 N–H and O–H groups in total. The van der Waals surface area contributed by atoms with Gasteiger partial charge in [0.1, 0.15) is 18.2 Å². The topological polar surface area (TPSA) is 64.3 Å². The van der Waals surface area contributed by atoms with E-state index in [0.717, 1.165) is 24.6 Å². The van der Waals surface area contributed by atoms with Crippen LogP contribution in [0.25, 0.3) is 0 Å². The van der Waals surface area contributed by atoms with Crippen LogP contribution in [0.5, 0.6) is 5.75 Å². The van der Waals surface area contributed by atoms with E-state index in [2.05, 4.69) is 4.98 Å². The maximum absolute atomic E-state index is 13.3. The van der Waals surface area contributed by atoms with Crippen molar-refractivity contribution in [2.45, 2.75) is 25.5 Å². The van der Waals surface area contributed by atoms with E-state index in [0.29, 0.717) is 6.04 Å². The van der Waals surface area contributed by atoms with Crippen molar-refractivity contribution in [2.75, 3.05) is 0 Å². The van der Waals surface area contributed by atoms with Crippen LogP contribution in [0.4, 0.5) is 4.39 Å². The standard InChI is InChI=1S/C14H13FN2O3/c15-10-3-9(14(18)19)4-13(5-10)20-7-12-6-16-8-17(12)11-1-2-11/h3-6,8,11H,1-2,7H2,(H,18,19). The van der Waals surface area contributed by atoms with E-state index in [1.54, 1.807) is 12.5 Å². The lowest BCUT2D eigenvalue weighted by Gasteiger charge is -2.09. The van der Waals surface area contributed by atoms with Gasteiger partial charge in [0.15, 0.2) is 0 Å². The fraction of sp³-hybridized carbons (Fsp3) is 0.286. The summed E-state index contributed by atoms with van der Waals surface area (Å²) in [5.41, 5.74) is 0.768. The van der Waals surface area contributed by atoms with Crippen molar-refractivity contribution in [3.8, 4) is 5.75 Å². The highest BCUT2D eigenvalue weighted by Gasteiger charge is 2.25. The van der Waals surface area contributed by atoms with Crippen LogP contribution in [0.15, 0.2) is 30.7 Å². The van der Waals surface area contributed by atoms with Crippen LogP contribution in [0.1, 0.15) is 34.9 Å². The molecule has 20 heavy (non-hydrogen) atoms. The molecule has 1 aromatic carbocycles. The summed E-state index contributed by atoms with van der Waals surface area (Å²) in [5, 5.41) is 8.87. The van der Waals surface area contributed by atoms with E-state index in [-0.39, 0.29) is 17.9 Å². The van der Waals surface area contributed by atoms with Gasteiger partial charge in [0.05, 0.1) is 23.8 Å². The summed E-state index contributed by atoms with van der Waals surface area (Å²) in [6.07, 6.45) is 5.72. The molecule has 0 spiro atoms. The Kier molecular flexibility index (Phi) is 3.14. The van der Waals surface area contributed by atoms with Crippen molar-refractivity contribution in [1.29, 1.82) is 0 Å². The van der Waals surface area contributed by atoms with Crippen LogP contribution in [-0.4, -0.2) is 20.6 Å². The summed E-state index contributed by atoms with van der Waals surface area (Å²) in [6.45, 7) is 0.235. The molecule has 6 heteroatoms. The van der Waals surface area contributed by atoms with Crippen LogP contribution >= 0.6 is 0 Å². The van der Waals surface area contributed by atoms with E-state index >= 15 is 0 Å². The molecule has 104 valence electrons. The van der Waals surface area contributed by atoms with Crippen molar-refractivity contribution in [3.05, 3.63) is 47.8 Å². The first-order valence-electron chi connectivity index (χ1n) is 6.31. The third-order valence-corrected chi connectivity index (χ3v) is 3.19. The first-order chi connectivity index (χ1) is 9.63. The fourth-order valence-corrected chi connectivity index (χ4v) is 2.05. The zero-order valence-electron chi connectivity index (χ0n) is 10.6. The number of hydrogen-bond donors (Lipinski definition) is 1. The van der Waals surface area contributed by atoms with E-state index < -0.39 is 11.8 Å². The predicted molar refractivity (Wildman–Crippen MR) is 68.2 cm³/mol. The van der Waals surface area contributed by atoms with Crippen molar-refractivity contribution in [2.24, 2.45) is 0 Å². The third-order valence-electron chi connectivity index (χ3n) is 3.19. The smallest absolute Gasteiger partial charge is 0.335 e. The number of imidazole rings is 1. The molecular formula is C14H13FN2O3. The minimum atomic E-state index is -1.18. The number of aromatic carboxylic acids is 1. The Morgan fingerprint density at radius 2 is 2.25 bits per heavy atom. The van der Waals surface area contributed by atoms with E-state index in [1.165, 1.54) is 12.1 Å². The average molecular weight is 276 g/mol. The Morgan fingerprint density at radius 3 is 2.95 bits per heavy atom. The average Bonchev–Trinajstić information content (AvgIpc) is 3.15. The Bertz CT molecular complexity index is 650. The number of halogens is 1. The van der Waals surface area contributed by atoms with Crippen LogP contribution in [0, 0.1) is 5.82 Å². The Morgan fingerprint density at radius 1 is 1.45 bits per heavy atom. The highest BCUT2D eigenvalue weighted by atomic mass is 19.1. The molecule has 5 nitrogen and oxygen atoms in total. The fourth-order valence-electron chi connectivity index (χ4n) is 2.05. The Hall–Kier alpha value is -2.37. The van der Waals surface area contributed by atoms with Gasteiger partial charge in [-0.05, 0) is 25.0 Å². The van der Waals surface area contributed by atoms with Crippen molar-refractivity contribution in [3.63, 3.8) is 0 Å². The lowest BCUT2D eigenvalue weighted by atomic mass is 10.2. The molecule has 1 aliphatic carbocycles. The van der Waals surface area contributed by atoms with Gasteiger partial charge in [0.2, 0.25) is 0 Å². The molecule has 1 fully saturated rings. The zero-order valence-corrected chi connectivity index (χ0v) is 10.6. The minimum absolute atomic E-state index is 0.129. The second kappa shape index (κ2) is 4.96. The summed E-state index contributed by atoms with van der Waals surface area (Å²) in [4.78, 5) is 14.9. The van der Waals surface area contributed by atoms with Crippen molar-refractivity contribution in [1.82, 2.24) is 9.55 Å². The van der Waals surface area contributed by atoms with E-state index in [4.69, 9.17) is 9.84 Å². The number of aromatic nitrogens is 2. The molecular weight excluding hydrogens is 263 g/mol. The van der Waals surface area contributed by atoms with Crippen LogP contribution in [0.2, 0.25) is 0 Å². The molecule has 1 saturated carbocycles. The third kappa shape index (κ3) is 2.64. The molecule has 0 aliphatic heterocycles. The molecule has 2 aromatic rings. The van der Waals surface area contributed by atoms with Crippen molar-refractivity contribution >= 4 is 5.97 Å². The largest absolute Gasteiger partial charge is 0.487 e. The summed E-state index contributed by atoms with van der Waals surface area (Å²) in [7, 11) is 0. The number of ether oxygens (including phenoxy) is 1. The van der Waals surface area contributed by atoms with Gasteiger partial charge in [-0.3, -0.25) is 0 Å². The molecule has 1 aliphatic rings. The number of nitrogens with zero attached hydrogens (tertiary/aromatic N) is 2. The molecule has 3 rings (SSSR count). The zero-order chi connectivity index (χ0) is 14.1. The summed E-state index contributed by atoms with van der Waals surface area (Å²) >= 11 is 0. The number of carboxylic acids is 1. The molecule has 0 radical (unpaired) electrons. The SMILES string of the molecule is O=C(O)c1cc(F)cc(OCc2cncn2C2CC2)c1. The van der Waals surface area contributed by atoms with Gasteiger partial charge in [-0.2, -0.15) is 0 Å². The summed E-state index contributed by atoms with van der Waals surface area (Å²) < 4.78 is 20.8. The first-order valence-corrected chi connectivity index (χ1v) is 6.31. The molecule has 0 saturated heterocycles. The Labute approximate surface area is 114 Å².